The van der Waals surface area contributed by atoms with Gasteiger partial charge in [0.2, 0.25) is 5.91 Å². The summed E-state index contributed by atoms with van der Waals surface area (Å²) in [5.41, 5.74) is 7.70. The van der Waals surface area contributed by atoms with Gasteiger partial charge in [-0.05, 0) is 38.0 Å². The third kappa shape index (κ3) is 3.55. The molecule has 2 rings (SSSR count). The van der Waals surface area contributed by atoms with Gasteiger partial charge in [-0.2, -0.15) is 0 Å². The summed E-state index contributed by atoms with van der Waals surface area (Å²) in [6, 6.07) is 6.01. The molecule has 1 amide bonds. The number of phenols is 1. The Morgan fingerprint density at radius 2 is 2.05 bits per heavy atom. The molecule has 1 aromatic heterocycles. The fraction of sp³-hybridized carbons (Fsp3) is 0.286. The van der Waals surface area contributed by atoms with E-state index in [1.807, 2.05) is 13.8 Å². The Kier molecular flexibility index (Phi) is 4.36. The van der Waals surface area contributed by atoms with Gasteiger partial charge in [0.05, 0.1) is 11.7 Å². The number of benzene rings is 1. The average Bonchev–Trinajstić information content (AvgIpc) is 2.71. The van der Waals surface area contributed by atoms with Crippen LogP contribution in [0, 0.1) is 13.8 Å². The molecule has 0 aliphatic heterocycles. The molecule has 5 nitrogen and oxygen atoms in total. The number of hydrogen-bond acceptors (Lipinski definition) is 5. The van der Waals surface area contributed by atoms with E-state index in [9.17, 15) is 9.90 Å². The van der Waals surface area contributed by atoms with Crippen molar-refractivity contribution in [2.45, 2.75) is 26.3 Å². The second-order valence-electron chi connectivity index (χ2n) is 4.63. The number of carbonyl (C=O) groups excluding carboxylic acids is 1. The summed E-state index contributed by atoms with van der Waals surface area (Å²) >= 11 is 1.44. The highest BCUT2D eigenvalue weighted by Crippen LogP contribution is 2.21. The molecule has 0 aliphatic carbocycles. The number of carbonyl (C=O) groups is 1. The minimum absolute atomic E-state index is 0.195. The van der Waals surface area contributed by atoms with Gasteiger partial charge in [-0.25, -0.2) is 4.98 Å². The Bertz CT molecular complexity index is 588. The number of thiazole rings is 1. The third-order valence-electron chi connectivity index (χ3n) is 2.99. The van der Waals surface area contributed by atoms with Crippen molar-refractivity contribution >= 4 is 22.4 Å². The fourth-order valence-electron chi connectivity index (χ4n) is 1.70. The van der Waals surface area contributed by atoms with Crippen molar-refractivity contribution in [2.24, 2.45) is 5.73 Å². The van der Waals surface area contributed by atoms with E-state index in [0.717, 1.165) is 16.1 Å². The zero-order valence-electron chi connectivity index (χ0n) is 11.4. The van der Waals surface area contributed by atoms with Crippen LogP contribution in [0.5, 0.6) is 5.75 Å². The van der Waals surface area contributed by atoms with E-state index < -0.39 is 6.04 Å². The molecule has 6 heteroatoms. The summed E-state index contributed by atoms with van der Waals surface area (Å²) in [4.78, 5) is 17.3. The maximum Gasteiger partial charge on any atom is 0.243 e. The SMILES string of the molecule is Cc1nc(NC(=O)C(N)Cc2ccc(O)cc2)sc1C. The summed E-state index contributed by atoms with van der Waals surface area (Å²) in [6.07, 6.45) is 0.412. The zero-order chi connectivity index (χ0) is 14.7. The molecule has 0 saturated carbocycles. The normalized spacial score (nSPS) is 12.2. The largest absolute Gasteiger partial charge is 0.508 e. The van der Waals surface area contributed by atoms with Gasteiger partial charge in [0.25, 0.3) is 0 Å². The lowest BCUT2D eigenvalue weighted by Crippen LogP contribution is -2.37. The molecule has 0 bridgehead atoms. The van der Waals surface area contributed by atoms with Crippen molar-refractivity contribution < 1.29 is 9.90 Å². The lowest BCUT2D eigenvalue weighted by atomic mass is 10.1. The predicted octanol–water partition coefficient (Wildman–Crippen LogP) is 1.97. The number of anilines is 1. The maximum atomic E-state index is 12.0. The van der Waals surface area contributed by atoms with Gasteiger partial charge in [0.15, 0.2) is 5.13 Å². The molecular formula is C14H17N3O2S. The highest BCUT2D eigenvalue weighted by molar-refractivity contribution is 7.15. The number of aromatic hydroxyl groups is 1. The van der Waals surface area contributed by atoms with E-state index in [-0.39, 0.29) is 11.7 Å². The van der Waals surface area contributed by atoms with Crippen LogP contribution in [-0.4, -0.2) is 22.0 Å². The molecular weight excluding hydrogens is 274 g/mol. The van der Waals surface area contributed by atoms with Crippen molar-refractivity contribution in [1.82, 2.24) is 4.98 Å². The summed E-state index contributed by atoms with van der Waals surface area (Å²) in [5.74, 6) is -0.0627. The first-order valence-electron chi connectivity index (χ1n) is 6.24. The molecule has 106 valence electrons. The van der Waals surface area contributed by atoms with E-state index in [1.54, 1.807) is 24.3 Å². The van der Waals surface area contributed by atoms with E-state index in [0.29, 0.717) is 11.6 Å². The number of nitrogens with zero attached hydrogens (tertiary/aromatic N) is 1. The van der Waals surface area contributed by atoms with E-state index in [1.165, 1.54) is 11.3 Å². The van der Waals surface area contributed by atoms with Gasteiger partial charge < -0.3 is 16.2 Å². The predicted molar refractivity (Wildman–Crippen MR) is 80.0 cm³/mol. The van der Waals surface area contributed by atoms with Crippen LogP contribution in [0.15, 0.2) is 24.3 Å². The monoisotopic (exact) mass is 291 g/mol. The van der Waals surface area contributed by atoms with Crippen molar-refractivity contribution in [1.29, 1.82) is 0 Å². The van der Waals surface area contributed by atoms with Gasteiger partial charge in [0, 0.05) is 4.88 Å². The number of phenolic OH excluding ortho intramolecular Hbond substituents is 1. The van der Waals surface area contributed by atoms with Gasteiger partial charge in [-0.1, -0.05) is 12.1 Å². The van der Waals surface area contributed by atoms with Gasteiger partial charge in [0.1, 0.15) is 5.75 Å². The van der Waals surface area contributed by atoms with Crippen molar-refractivity contribution in [3.05, 3.63) is 40.4 Å². The molecule has 20 heavy (non-hydrogen) atoms. The highest BCUT2D eigenvalue weighted by Gasteiger charge is 2.16. The van der Waals surface area contributed by atoms with Crippen LogP contribution in [0.4, 0.5) is 5.13 Å². The summed E-state index contributed by atoms with van der Waals surface area (Å²) < 4.78 is 0. The first-order valence-corrected chi connectivity index (χ1v) is 7.05. The molecule has 1 aromatic carbocycles. The average molecular weight is 291 g/mol. The number of rotatable bonds is 4. The lowest BCUT2D eigenvalue weighted by Gasteiger charge is -2.10. The van der Waals surface area contributed by atoms with Gasteiger partial charge in [-0.15, -0.1) is 11.3 Å². The molecule has 0 spiro atoms. The van der Waals surface area contributed by atoms with Crippen molar-refractivity contribution in [3.8, 4) is 5.75 Å². The molecule has 0 fully saturated rings. The van der Waals surface area contributed by atoms with Crippen LogP contribution < -0.4 is 11.1 Å². The molecule has 2 aromatic rings. The van der Waals surface area contributed by atoms with E-state index in [4.69, 9.17) is 5.73 Å². The minimum Gasteiger partial charge on any atom is -0.508 e. The molecule has 4 N–H and O–H groups in total. The van der Waals surface area contributed by atoms with Crippen LogP contribution in [-0.2, 0) is 11.2 Å². The summed E-state index contributed by atoms with van der Waals surface area (Å²) in [5, 5.41) is 12.5. The van der Waals surface area contributed by atoms with Crippen LogP contribution >= 0.6 is 11.3 Å². The molecule has 0 saturated heterocycles. The summed E-state index contributed by atoms with van der Waals surface area (Å²) in [6.45, 7) is 3.86. The third-order valence-corrected chi connectivity index (χ3v) is 3.98. The second kappa shape index (κ2) is 6.02. The topological polar surface area (TPSA) is 88.2 Å². The Morgan fingerprint density at radius 1 is 1.40 bits per heavy atom. The molecule has 1 atom stereocenters. The number of hydrogen-bond donors (Lipinski definition) is 3. The first-order chi connectivity index (χ1) is 9.45. The number of nitrogens with one attached hydrogen (secondary N) is 1. The first kappa shape index (κ1) is 14.5. The van der Waals surface area contributed by atoms with Crippen LogP contribution in [0.25, 0.3) is 0 Å². The standard InChI is InChI=1S/C14H17N3O2S/c1-8-9(2)20-14(16-8)17-13(19)12(15)7-10-3-5-11(18)6-4-10/h3-6,12,18H,7,15H2,1-2H3,(H,16,17,19). The second-order valence-corrected chi connectivity index (χ2v) is 5.83. The lowest BCUT2D eigenvalue weighted by molar-refractivity contribution is -0.117. The highest BCUT2D eigenvalue weighted by atomic mass is 32.1. The van der Waals surface area contributed by atoms with Crippen LogP contribution in [0.1, 0.15) is 16.1 Å². The molecule has 0 aliphatic rings. The number of amides is 1. The minimum atomic E-state index is -0.649. The molecule has 0 radical (unpaired) electrons. The maximum absolute atomic E-state index is 12.0. The molecule has 1 heterocycles. The Morgan fingerprint density at radius 3 is 2.60 bits per heavy atom. The Balaban J connectivity index is 1.96. The smallest absolute Gasteiger partial charge is 0.243 e. The Labute approximate surface area is 121 Å². The van der Waals surface area contributed by atoms with Gasteiger partial charge in [-0.3, -0.25) is 4.79 Å². The van der Waals surface area contributed by atoms with Crippen molar-refractivity contribution in [3.63, 3.8) is 0 Å². The van der Waals surface area contributed by atoms with E-state index in [2.05, 4.69) is 10.3 Å². The van der Waals surface area contributed by atoms with Crippen LogP contribution in [0.2, 0.25) is 0 Å². The summed E-state index contributed by atoms with van der Waals surface area (Å²) in [7, 11) is 0. The molecule has 1 unspecified atom stereocenters. The van der Waals surface area contributed by atoms with Gasteiger partial charge >= 0.3 is 0 Å². The number of nitrogens with two attached hydrogens (primary N) is 1. The number of aromatic nitrogens is 1. The van der Waals surface area contributed by atoms with Crippen molar-refractivity contribution in [2.75, 3.05) is 5.32 Å². The van der Waals surface area contributed by atoms with Crippen LogP contribution in [0.3, 0.4) is 0 Å². The number of aryl methyl sites for hydroxylation is 2. The quantitative estimate of drug-likeness (QED) is 0.803. The Hall–Kier alpha value is -1.92. The fourth-order valence-corrected chi connectivity index (χ4v) is 2.52. The van der Waals surface area contributed by atoms with E-state index >= 15 is 0 Å². The zero-order valence-corrected chi connectivity index (χ0v) is 12.2.